The van der Waals surface area contributed by atoms with Crippen LogP contribution in [0.25, 0.3) is 10.2 Å². The topological polar surface area (TPSA) is 78.1 Å². The van der Waals surface area contributed by atoms with E-state index in [0.717, 1.165) is 28.8 Å². The van der Waals surface area contributed by atoms with Crippen molar-refractivity contribution in [1.82, 2.24) is 9.97 Å². The SMILES string of the molecule is COC(=O)c1ccc2c(c1)CC(c1nc(N)nc3scc(C)c13)C2. The number of hydrogen-bond acceptors (Lipinski definition) is 6. The molecule has 2 N–H and O–H groups in total. The number of methoxy groups -OCH3 is 1. The molecule has 1 aliphatic rings. The van der Waals surface area contributed by atoms with Crippen molar-refractivity contribution in [3.05, 3.63) is 51.5 Å². The molecule has 1 unspecified atom stereocenters. The minimum absolute atomic E-state index is 0.258. The van der Waals surface area contributed by atoms with Crippen LogP contribution < -0.4 is 5.73 Å². The van der Waals surface area contributed by atoms with Crippen LogP contribution in [-0.4, -0.2) is 23.0 Å². The average Bonchev–Trinajstić information content (AvgIpc) is 3.16. The van der Waals surface area contributed by atoms with Gasteiger partial charge in [0.05, 0.1) is 18.4 Å². The fraction of sp³-hybridized carbons (Fsp3) is 0.278. The number of nitrogen functional groups attached to an aromatic ring is 1. The first-order chi connectivity index (χ1) is 11.6. The lowest BCUT2D eigenvalue weighted by atomic mass is 9.98. The number of benzene rings is 1. The molecule has 0 saturated carbocycles. The summed E-state index contributed by atoms with van der Waals surface area (Å²) in [5, 5.41) is 3.22. The fourth-order valence-corrected chi connectivity index (χ4v) is 4.42. The van der Waals surface area contributed by atoms with Gasteiger partial charge in [-0.05, 0) is 54.0 Å². The highest BCUT2D eigenvalue weighted by Crippen LogP contribution is 2.38. The van der Waals surface area contributed by atoms with Gasteiger partial charge < -0.3 is 10.5 Å². The van der Waals surface area contributed by atoms with E-state index in [4.69, 9.17) is 10.5 Å². The maximum Gasteiger partial charge on any atom is 0.337 e. The summed E-state index contributed by atoms with van der Waals surface area (Å²) in [6, 6.07) is 5.78. The Labute approximate surface area is 143 Å². The summed E-state index contributed by atoms with van der Waals surface area (Å²) in [6.07, 6.45) is 1.75. The maximum absolute atomic E-state index is 11.7. The zero-order valence-corrected chi connectivity index (χ0v) is 14.3. The van der Waals surface area contributed by atoms with Crippen LogP contribution in [0.4, 0.5) is 5.95 Å². The van der Waals surface area contributed by atoms with E-state index < -0.39 is 0 Å². The first-order valence-corrected chi connectivity index (χ1v) is 8.66. The van der Waals surface area contributed by atoms with E-state index in [9.17, 15) is 4.79 Å². The van der Waals surface area contributed by atoms with Crippen molar-refractivity contribution in [2.75, 3.05) is 12.8 Å². The van der Waals surface area contributed by atoms with Crippen molar-refractivity contribution in [2.45, 2.75) is 25.7 Å². The number of nitrogens with zero attached hydrogens (tertiary/aromatic N) is 2. The van der Waals surface area contributed by atoms with Crippen LogP contribution in [0.1, 0.15) is 38.7 Å². The molecule has 1 aliphatic carbocycles. The zero-order chi connectivity index (χ0) is 16.8. The van der Waals surface area contributed by atoms with Gasteiger partial charge in [0.1, 0.15) is 4.83 Å². The molecule has 2 heterocycles. The maximum atomic E-state index is 11.7. The largest absolute Gasteiger partial charge is 0.465 e. The number of ether oxygens (including phenoxy) is 1. The van der Waals surface area contributed by atoms with Crippen LogP contribution in [0.15, 0.2) is 23.6 Å². The minimum atomic E-state index is -0.302. The van der Waals surface area contributed by atoms with Gasteiger partial charge in [-0.15, -0.1) is 11.3 Å². The number of fused-ring (bicyclic) bond motifs is 2. The average molecular weight is 339 g/mol. The highest BCUT2D eigenvalue weighted by atomic mass is 32.1. The van der Waals surface area contributed by atoms with Gasteiger partial charge in [0.2, 0.25) is 5.95 Å². The predicted molar refractivity (Wildman–Crippen MR) is 94.5 cm³/mol. The standard InChI is InChI=1S/C18H17N3O2S/c1-9-8-24-16-14(9)15(20-18(19)21-16)13-5-10-3-4-11(17(22)23-2)6-12(10)7-13/h3-4,6,8,13H,5,7H2,1-2H3,(H2,19,20,21). The highest BCUT2D eigenvalue weighted by molar-refractivity contribution is 7.17. The number of aryl methyl sites for hydroxylation is 1. The van der Waals surface area contributed by atoms with Crippen molar-refractivity contribution in [3.63, 3.8) is 0 Å². The second-order valence-corrected chi connectivity index (χ2v) is 7.00. The van der Waals surface area contributed by atoms with Crippen molar-refractivity contribution in [1.29, 1.82) is 0 Å². The molecule has 122 valence electrons. The van der Waals surface area contributed by atoms with E-state index in [2.05, 4.69) is 22.3 Å². The Morgan fingerprint density at radius 1 is 1.29 bits per heavy atom. The molecule has 3 aromatic rings. The van der Waals surface area contributed by atoms with Gasteiger partial charge in [-0.2, -0.15) is 0 Å². The monoisotopic (exact) mass is 339 g/mol. The first-order valence-electron chi connectivity index (χ1n) is 7.78. The second-order valence-electron chi connectivity index (χ2n) is 6.15. The smallest absolute Gasteiger partial charge is 0.337 e. The summed E-state index contributed by atoms with van der Waals surface area (Å²) in [5.41, 5.74) is 11.2. The summed E-state index contributed by atoms with van der Waals surface area (Å²) in [7, 11) is 1.40. The summed E-state index contributed by atoms with van der Waals surface area (Å²) in [5.74, 6) is 0.281. The zero-order valence-electron chi connectivity index (χ0n) is 13.5. The molecule has 0 bridgehead atoms. The minimum Gasteiger partial charge on any atom is -0.465 e. The van der Waals surface area contributed by atoms with Gasteiger partial charge in [0.25, 0.3) is 0 Å². The number of aromatic nitrogens is 2. The number of carbonyl (C=O) groups excluding carboxylic acids is 1. The molecule has 4 rings (SSSR count). The number of nitrogens with two attached hydrogens (primary N) is 1. The molecule has 0 fully saturated rings. The lowest BCUT2D eigenvalue weighted by molar-refractivity contribution is 0.0600. The van der Waals surface area contributed by atoms with E-state index in [-0.39, 0.29) is 11.9 Å². The molecule has 0 aliphatic heterocycles. The van der Waals surface area contributed by atoms with E-state index in [1.54, 1.807) is 11.3 Å². The summed E-state index contributed by atoms with van der Waals surface area (Å²) < 4.78 is 4.81. The van der Waals surface area contributed by atoms with Gasteiger partial charge in [-0.3, -0.25) is 0 Å². The molecular weight excluding hydrogens is 322 g/mol. The van der Waals surface area contributed by atoms with Gasteiger partial charge in [-0.1, -0.05) is 6.07 Å². The van der Waals surface area contributed by atoms with Crippen LogP contribution in [0.2, 0.25) is 0 Å². The van der Waals surface area contributed by atoms with Crippen molar-refractivity contribution < 1.29 is 9.53 Å². The molecule has 0 spiro atoms. The Morgan fingerprint density at radius 2 is 2.08 bits per heavy atom. The fourth-order valence-electron chi connectivity index (χ4n) is 3.48. The first kappa shape index (κ1) is 15.1. The number of carbonyl (C=O) groups is 1. The van der Waals surface area contributed by atoms with Gasteiger partial charge in [0.15, 0.2) is 0 Å². The van der Waals surface area contributed by atoms with Crippen LogP contribution in [0.5, 0.6) is 0 Å². The number of esters is 1. The lowest BCUT2D eigenvalue weighted by Crippen LogP contribution is -2.06. The van der Waals surface area contributed by atoms with E-state index in [1.165, 1.54) is 23.8 Å². The van der Waals surface area contributed by atoms with Crippen LogP contribution in [-0.2, 0) is 17.6 Å². The van der Waals surface area contributed by atoms with Crippen molar-refractivity contribution in [2.24, 2.45) is 0 Å². The summed E-state index contributed by atoms with van der Waals surface area (Å²) in [6.45, 7) is 2.08. The molecular formula is C18H17N3O2S. The van der Waals surface area contributed by atoms with Crippen LogP contribution in [0.3, 0.4) is 0 Å². The van der Waals surface area contributed by atoms with Crippen molar-refractivity contribution >= 4 is 33.5 Å². The van der Waals surface area contributed by atoms with Gasteiger partial charge in [0, 0.05) is 11.3 Å². The number of hydrogen-bond donors (Lipinski definition) is 1. The molecule has 0 radical (unpaired) electrons. The highest BCUT2D eigenvalue weighted by Gasteiger charge is 2.28. The van der Waals surface area contributed by atoms with Crippen LogP contribution in [0, 0.1) is 6.92 Å². The van der Waals surface area contributed by atoms with E-state index >= 15 is 0 Å². The quantitative estimate of drug-likeness (QED) is 0.725. The molecule has 1 atom stereocenters. The third-order valence-electron chi connectivity index (χ3n) is 4.61. The molecule has 5 nitrogen and oxygen atoms in total. The molecule has 1 aromatic carbocycles. The Bertz CT molecular complexity index is 964. The molecule has 24 heavy (non-hydrogen) atoms. The number of thiophene rings is 1. The van der Waals surface area contributed by atoms with E-state index in [1.807, 2.05) is 18.2 Å². The molecule has 2 aromatic heterocycles. The van der Waals surface area contributed by atoms with E-state index in [0.29, 0.717) is 11.5 Å². The molecule has 0 amide bonds. The number of anilines is 1. The summed E-state index contributed by atoms with van der Waals surface area (Å²) in [4.78, 5) is 21.6. The Kier molecular flexibility index (Phi) is 3.49. The third kappa shape index (κ3) is 2.34. The molecule has 6 heteroatoms. The van der Waals surface area contributed by atoms with Gasteiger partial charge >= 0.3 is 5.97 Å². The number of rotatable bonds is 2. The van der Waals surface area contributed by atoms with Crippen LogP contribution >= 0.6 is 11.3 Å². The lowest BCUT2D eigenvalue weighted by Gasteiger charge is -2.11. The predicted octanol–water partition coefficient (Wildman–Crippen LogP) is 3.25. The summed E-state index contributed by atoms with van der Waals surface area (Å²) >= 11 is 1.60. The molecule has 0 saturated heterocycles. The third-order valence-corrected chi connectivity index (χ3v) is 5.60. The van der Waals surface area contributed by atoms with Crippen molar-refractivity contribution in [3.8, 4) is 0 Å². The Balaban J connectivity index is 1.75. The van der Waals surface area contributed by atoms with Gasteiger partial charge in [-0.25, -0.2) is 14.8 Å². The Morgan fingerprint density at radius 3 is 2.88 bits per heavy atom. The Hall–Kier alpha value is -2.47. The second kappa shape index (κ2) is 5.56. The normalized spacial score (nSPS) is 16.3.